The van der Waals surface area contributed by atoms with Crippen molar-refractivity contribution in [3.05, 3.63) is 181 Å². The summed E-state index contributed by atoms with van der Waals surface area (Å²) >= 11 is 0. The van der Waals surface area contributed by atoms with Crippen molar-refractivity contribution in [2.24, 2.45) is 0 Å². The van der Waals surface area contributed by atoms with Gasteiger partial charge in [0.05, 0.1) is 11.4 Å². The molecule has 214 valence electrons. The highest BCUT2D eigenvalue weighted by molar-refractivity contribution is 5.99. The molecule has 0 radical (unpaired) electrons. The van der Waals surface area contributed by atoms with Crippen LogP contribution in [0.15, 0.2) is 170 Å². The number of rotatable bonds is 7. The third-order valence-electron chi connectivity index (χ3n) is 8.71. The third-order valence-corrected chi connectivity index (χ3v) is 8.71. The molecule has 0 saturated heterocycles. The van der Waals surface area contributed by atoms with E-state index >= 15 is 0 Å². The molecule has 0 aliphatic heterocycles. The van der Waals surface area contributed by atoms with Crippen LogP contribution in [0.25, 0.3) is 44.5 Å². The number of hydrogen-bond acceptors (Lipinski definition) is 2. The first-order chi connectivity index (χ1) is 22.3. The molecule has 1 aliphatic carbocycles. The maximum Gasteiger partial charge on any atom is 0.0703 e. The molecule has 8 rings (SSSR count). The molecule has 7 aromatic carbocycles. The normalized spacial score (nSPS) is 11.5. The Bertz CT molecular complexity index is 2100. The number of para-hydroxylation sites is 1. The Kier molecular flexibility index (Phi) is 6.94. The smallest absolute Gasteiger partial charge is 0.0703 e. The van der Waals surface area contributed by atoms with E-state index in [4.69, 9.17) is 0 Å². The van der Waals surface area contributed by atoms with E-state index in [1.54, 1.807) is 0 Å². The number of hydrogen-bond donors (Lipinski definition) is 2. The molecule has 45 heavy (non-hydrogen) atoms. The van der Waals surface area contributed by atoms with Gasteiger partial charge in [-0.15, -0.1) is 0 Å². The van der Waals surface area contributed by atoms with Gasteiger partial charge in [0.1, 0.15) is 0 Å². The molecule has 0 unspecified atom stereocenters. The molecular weight excluding hydrogens is 544 g/mol. The minimum Gasteiger partial charge on any atom is -0.354 e. The predicted octanol–water partition coefficient (Wildman–Crippen LogP) is 11.7. The molecule has 2 heteroatoms. The Morgan fingerprint density at radius 2 is 0.822 bits per heavy atom. The van der Waals surface area contributed by atoms with Crippen LogP contribution in [0.4, 0.5) is 22.7 Å². The summed E-state index contributed by atoms with van der Waals surface area (Å²) in [6.45, 7) is 0. The molecule has 0 spiro atoms. The predicted molar refractivity (Wildman–Crippen MR) is 190 cm³/mol. The first-order valence-electron chi connectivity index (χ1n) is 15.5. The molecule has 0 bridgehead atoms. The summed E-state index contributed by atoms with van der Waals surface area (Å²) in [4.78, 5) is 0. The Balaban J connectivity index is 1.21. The second-order valence-corrected chi connectivity index (χ2v) is 11.5. The maximum absolute atomic E-state index is 3.83. The summed E-state index contributed by atoms with van der Waals surface area (Å²) in [5.74, 6) is 0. The Morgan fingerprint density at radius 1 is 0.333 bits per heavy atom. The van der Waals surface area contributed by atoms with Crippen LogP contribution in [-0.2, 0) is 6.42 Å². The lowest BCUT2D eigenvalue weighted by Gasteiger charge is -2.20. The van der Waals surface area contributed by atoms with Crippen LogP contribution in [0.5, 0.6) is 0 Å². The molecule has 2 N–H and O–H groups in total. The Morgan fingerprint density at radius 3 is 1.49 bits per heavy atom. The van der Waals surface area contributed by atoms with Crippen molar-refractivity contribution in [3.8, 4) is 44.5 Å². The Hall–Kier alpha value is -5.86. The monoisotopic (exact) mass is 576 g/mol. The van der Waals surface area contributed by atoms with Crippen molar-refractivity contribution >= 4 is 22.7 Å². The molecule has 0 amide bonds. The SMILES string of the molecule is c1ccc(-c2ccc(Nc3cccc(-c4cccc5c4-c4ccccc4C5)c3Nc3ccc(-c4ccccc4)cc3)cc2)cc1. The van der Waals surface area contributed by atoms with E-state index in [0.717, 1.165) is 29.2 Å². The first-order valence-corrected chi connectivity index (χ1v) is 15.5. The number of anilines is 4. The van der Waals surface area contributed by atoms with E-state index in [9.17, 15) is 0 Å². The largest absolute Gasteiger partial charge is 0.354 e. The van der Waals surface area contributed by atoms with Crippen molar-refractivity contribution in [1.82, 2.24) is 0 Å². The highest BCUT2D eigenvalue weighted by Crippen LogP contribution is 2.47. The van der Waals surface area contributed by atoms with Crippen molar-refractivity contribution in [3.63, 3.8) is 0 Å². The molecule has 0 atom stereocenters. The second kappa shape index (κ2) is 11.7. The number of fused-ring (bicyclic) bond motifs is 3. The van der Waals surface area contributed by atoms with Crippen molar-refractivity contribution in [2.75, 3.05) is 10.6 Å². The van der Waals surface area contributed by atoms with Crippen LogP contribution >= 0.6 is 0 Å². The molecular formula is C43H32N2. The van der Waals surface area contributed by atoms with Gasteiger partial charge < -0.3 is 10.6 Å². The van der Waals surface area contributed by atoms with Crippen LogP contribution in [0.1, 0.15) is 11.1 Å². The van der Waals surface area contributed by atoms with Gasteiger partial charge in [0, 0.05) is 16.9 Å². The minimum atomic E-state index is 0.967. The molecule has 0 aromatic heterocycles. The van der Waals surface area contributed by atoms with Gasteiger partial charge in [0.2, 0.25) is 0 Å². The van der Waals surface area contributed by atoms with Crippen LogP contribution in [0, 0.1) is 0 Å². The lowest BCUT2D eigenvalue weighted by Crippen LogP contribution is -2.01. The summed E-state index contributed by atoms with van der Waals surface area (Å²) in [5, 5.41) is 7.57. The number of nitrogens with one attached hydrogen (secondary N) is 2. The summed E-state index contributed by atoms with van der Waals surface area (Å²) in [7, 11) is 0. The lowest BCUT2D eigenvalue weighted by molar-refractivity contribution is 1.26. The maximum atomic E-state index is 3.83. The van der Waals surface area contributed by atoms with E-state index in [2.05, 4.69) is 180 Å². The minimum absolute atomic E-state index is 0.967. The fourth-order valence-corrected chi connectivity index (χ4v) is 6.48. The van der Waals surface area contributed by atoms with Gasteiger partial charge in [0.15, 0.2) is 0 Å². The number of benzene rings is 7. The Labute approximate surface area is 264 Å². The molecule has 2 nitrogen and oxygen atoms in total. The zero-order chi connectivity index (χ0) is 30.0. The molecule has 0 fully saturated rings. The second-order valence-electron chi connectivity index (χ2n) is 11.5. The van der Waals surface area contributed by atoms with E-state index in [0.29, 0.717) is 0 Å². The fourth-order valence-electron chi connectivity index (χ4n) is 6.48. The highest BCUT2D eigenvalue weighted by atomic mass is 15.0. The van der Waals surface area contributed by atoms with Gasteiger partial charge in [-0.05, 0) is 86.8 Å². The standard InChI is InChI=1S/C43H32N2/c1-3-11-30(12-4-1)32-21-25-36(26-22-32)44-41-20-10-19-40(39-18-9-16-35-29-34-15-7-8-17-38(34)42(35)39)43(41)45-37-27-23-33(24-28-37)31-13-5-2-6-14-31/h1-28,44-45H,29H2. The van der Waals surface area contributed by atoms with E-state index in [1.807, 2.05) is 0 Å². The van der Waals surface area contributed by atoms with Gasteiger partial charge in [-0.1, -0.05) is 140 Å². The van der Waals surface area contributed by atoms with E-state index in [1.165, 1.54) is 55.6 Å². The summed E-state index contributed by atoms with van der Waals surface area (Å²) in [6, 6.07) is 60.5. The first kappa shape index (κ1) is 26.7. The van der Waals surface area contributed by atoms with Crippen LogP contribution < -0.4 is 10.6 Å². The average Bonchev–Trinajstić information content (AvgIpc) is 3.50. The topological polar surface area (TPSA) is 24.1 Å². The van der Waals surface area contributed by atoms with Crippen molar-refractivity contribution < 1.29 is 0 Å². The van der Waals surface area contributed by atoms with Gasteiger partial charge in [-0.25, -0.2) is 0 Å². The van der Waals surface area contributed by atoms with Gasteiger partial charge in [0.25, 0.3) is 0 Å². The van der Waals surface area contributed by atoms with E-state index in [-0.39, 0.29) is 0 Å². The van der Waals surface area contributed by atoms with Gasteiger partial charge >= 0.3 is 0 Å². The fraction of sp³-hybridized carbons (Fsp3) is 0.0233. The molecule has 1 aliphatic rings. The zero-order valence-electron chi connectivity index (χ0n) is 24.9. The van der Waals surface area contributed by atoms with Gasteiger partial charge in [-0.2, -0.15) is 0 Å². The van der Waals surface area contributed by atoms with Crippen molar-refractivity contribution in [1.29, 1.82) is 0 Å². The highest BCUT2D eigenvalue weighted by Gasteiger charge is 2.23. The van der Waals surface area contributed by atoms with E-state index < -0.39 is 0 Å². The summed E-state index contributed by atoms with van der Waals surface area (Å²) < 4.78 is 0. The van der Waals surface area contributed by atoms with Gasteiger partial charge in [-0.3, -0.25) is 0 Å². The van der Waals surface area contributed by atoms with Crippen molar-refractivity contribution in [2.45, 2.75) is 6.42 Å². The molecule has 7 aromatic rings. The van der Waals surface area contributed by atoms with Crippen LogP contribution in [0.3, 0.4) is 0 Å². The molecule has 0 heterocycles. The van der Waals surface area contributed by atoms with Crippen LogP contribution in [-0.4, -0.2) is 0 Å². The molecule has 0 saturated carbocycles. The third kappa shape index (κ3) is 5.28. The summed E-state index contributed by atoms with van der Waals surface area (Å²) in [6.07, 6.45) is 0.967. The summed E-state index contributed by atoms with van der Waals surface area (Å²) in [5.41, 5.74) is 16.8. The van der Waals surface area contributed by atoms with Crippen LogP contribution in [0.2, 0.25) is 0 Å². The quantitative estimate of drug-likeness (QED) is 0.197. The zero-order valence-corrected chi connectivity index (χ0v) is 24.9. The average molecular weight is 577 g/mol. The lowest BCUT2D eigenvalue weighted by atomic mass is 9.92.